The van der Waals surface area contributed by atoms with Crippen molar-refractivity contribution in [3.63, 3.8) is 0 Å². The van der Waals surface area contributed by atoms with Crippen LogP contribution in [0.5, 0.6) is 0 Å². The molecule has 104 valence electrons. The van der Waals surface area contributed by atoms with Gasteiger partial charge in [0.2, 0.25) is 11.8 Å². The summed E-state index contributed by atoms with van der Waals surface area (Å²) in [7, 11) is 0. The first-order chi connectivity index (χ1) is 8.31. The van der Waals surface area contributed by atoms with Crippen molar-refractivity contribution in [2.45, 2.75) is 32.7 Å². The van der Waals surface area contributed by atoms with E-state index in [1.165, 1.54) is 13.8 Å². The predicted molar refractivity (Wildman–Crippen MR) is 66.0 cm³/mol. The van der Waals surface area contributed by atoms with Gasteiger partial charge < -0.3 is 15.7 Å². The molecule has 7 heteroatoms. The van der Waals surface area contributed by atoms with E-state index in [1.54, 1.807) is 6.92 Å². The Balaban J connectivity index is 3.89. The zero-order valence-electron chi connectivity index (χ0n) is 11.0. The average Bonchev–Trinajstić information content (AvgIpc) is 2.31. The van der Waals surface area contributed by atoms with Crippen LogP contribution in [0, 0.1) is 0 Å². The lowest BCUT2D eigenvalue weighted by atomic mass is 9.99. The molecule has 7 nitrogen and oxygen atoms in total. The van der Waals surface area contributed by atoms with Crippen LogP contribution in [0.3, 0.4) is 0 Å². The normalized spacial score (nSPS) is 13.5. The summed E-state index contributed by atoms with van der Waals surface area (Å²) in [5, 5.41) is 16.8. The number of aliphatic carboxylic acids is 1. The van der Waals surface area contributed by atoms with Crippen LogP contribution in [0.25, 0.3) is 0 Å². The standard InChI is InChI=1S/C11H21N3O4/c1-4-11(3,10(17)18)14-7-9(16)13-6-5-12-8(2)15/h14H,4-7H2,1-3H3,(H,12,15)(H,13,16)(H,17,18). The molecule has 0 saturated heterocycles. The molecule has 0 radical (unpaired) electrons. The summed E-state index contributed by atoms with van der Waals surface area (Å²) in [6, 6.07) is 0. The Kier molecular flexibility index (Phi) is 6.96. The quantitative estimate of drug-likeness (QED) is 0.422. The molecule has 1 atom stereocenters. The molecule has 0 aromatic heterocycles. The van der Waals surface area contributed by atoms with Crippen molar-refractivity contribution in [3.05, 3.63) is 0 Å². The number of rotatable bonds is 8. The van der Waals surface area contributed by atoms with E-state index in [9.17, 15) is 14.4 Å². The van der Waals surface area contributed by atoms with Crippen LogP contribution in [0.2, 0.25) is 0 Å². The number of carboxylic acids is 1. The molecule has 18 heavy (non-hydrogen) atoms. The van der Waals surface area contributed by atoms with E-state index in [2.05, 4.69) is 16.0 Å². The Morgan fingerprint density at radius 2 is 1.72 bits per heavy atom. The molecule has 0 spiro atoms. The summed E-state index contributed by atoms with van der Waals surface area (Å²) in [4.78, 5) is 32.9. The number of nitrogens with one attached hydrogen (secondary N) is 3. The Hall–Kier alpha value is -1.63. The highest BCUT2D eigenvalue weighted by molar-refractivity contribution is 5.81. The van der Waals surface area contributed by atoms with Crippen LogP contribution >= 0.6 is 0 Å². The highest BCUT2D eigenvalue weighted by Crippen LogP contribution is 2.08. The summed E-state index contributed by atoms with van der Waals surface area (Å²) in [5.41, 5.74) is -1.10. The van der Waals surface area contributed by atoms with Gasteiger partial charge in [0.15, 0.2) is 0 Å². The smallest absolute Gasteiger partial charge is 0.323 e. The van der Waals surface area contributed by atoms with E-state index in [-0.39, 0.29) is 18.4 Å². The predicted octanol–water partition coefficient (Wildman–Crippen LogP) is -0.918. The second-order valence-corrected chi connectivity index (χ2v) is 4.18. The van der Waals surface area contributed by atoms with Gasteiger partial charge in [-0.15, -0.1) is 0 Å². The Bertz CT molecular complexity index is 319. The van der Waals surface area contributed by atoms with Gasteiger partial charge in [-0.05, 0) is 13.3 Å². The third-order valence-electron chi connectivity index (χ3n) is 2.64. The van der Waals surface area contributed by atoms with Crippen LogP contribution < -0.4 is 16.0 Å². The number of carboxylic acid groups (broad SMARTS) is 1. The van der Waals surface area contributed by atoms with Crippen molar-refractivity contribution in [2.24, 2.45) is 0 Å². The number of amides is 2. The lowest BCUT2D eigenvalue weighted by Crippen LogP contribution is -2.52. The molecule has 0 rings (SSSR count). The van der Waals surface area contributed by atoms with Gasteiger partial charge in [0.05, 0.1) is 6.54 Å². The molecule has 0 aliphatic rings. The minimum Gasteiger partial charge on any atom is -0.480 e. The number of carbonyl (C=O) groups is 3. The third-order valence-corrected chi connectivity index (χ3v) is 2.64. The van der Waals surface area contributed by atoms with Crippen LogP contribution in [0.4, 0.5) is 0 Å². The highest BCUT2D eigenvalue weighted by Gasteiger charge is 2.30. The van der Waals surface area contributed by atoms with E-state index >= 15 is 0 Å². The number of hydrogen-bond donors (Lipinski definition) is 4. The maximum absolute atomic E-state index is 11.4. The van der Waals surface area contributed by atoms with Gasteiger partial charge in [-0.25, -0.2) is 0 Å². The second kappa shape index (κ2) is 7.65. The first-order valence-electron chi connectivity index (χ1n) is 5.81. The summed E-state index contributed by atoms with van der Waals surface area (Å²) in [6.45, 7) is 5.25. The van der Waals surface area contributed by atoms with Crippen molar-refractivity contribution in [1.29, 1.82) is 0 Å². The topological polar surface area (TPSA) is 108 Å². The van der Waals surface area contributed by atoms with Gasteiger partial charge in [-0.1, -0.05) is 6.92 Å². The highest BCUT2D eigenvalue weighted by atomic mass is 16.4. The third kappa shape index (κ3) is 6.19. The fraction of sp³-hybridized carbons (Fsp3) is 0.727. The molecule has 0 fully saturated rings. The molecule has 0 bridgehead atoms. The molecule has 1 unspecified atom stereocenters. The van der Waals surface area contributed by atoms with Crippen LogP contribution in [0.15, 0.2) is 0 Å². The maximum atomic E-state index is 11.4. The van der Waals surface area contributed by atoms with Gasteiger partial charge >= 0.3 is 5.97 Å². The fourth-order valence-corrected chi connectivity index (χ4v) is 1.13. The molecular weight excluding hydrogens is 238 g/mol. The lowest BCUT2D eigenvalue weighted by molar-refractivity contribution is -0.144. The molecule has 4 N–H and O–H groups in total. The molecule has 0 aromatic carbocycles. The van der Waals surface area contributed by atoms with Crippen molar-refractivity contribution >= 4 is 17.8 Å². The largest absolute Gasteiger partial charge is 0.480 e. The van der Waals surface area contributed by atoms with E-state index in [4.69, 9.17) is 5.11 Å². The maximum Gasteiger partial charge on any atom is 0.323 e. The van der Waals surface area contributed by atoms with Crippen molar-refractivity contribution < 1.29 is 19.5 Å². The molecule has 0 saturated carbocycles. The van der Waals surface area contributed by atoms with E-state index < -0.39 is 11.5 Å². The van der Waals surface area contributed by atoms with Gasteiger partial charge in [0.25, 0.3) is 0 Å². The first kappa shape index (κ1) is 16.4. The van der Waals surface area contributed by atoms with E-state index in [1.807, 2.05) is 0 Å². The van der Waals surface area contributed by atoms with Crippen LogP contribution in [-0.2, 0) is 14.4 Å². The van der Waals surface area contributed by atoms with Crippen molar-refractivity contribution in [3.8, 4) is 0 Å². The zero-order valence-corrected chi connectivity index (χ0v) is 11.0. The second-order valence-electron chi connectivity index (χ2n) is 4.18. The average molecular weight is 259 g/mol. The minimum absolute atomic E-state index is 0.0727. The van der Waals surface area contributed by atoms with Gasteiger partial charge in [0.1, 0.15) is 5.54 Å². The first-order valence-corrected chi connectivity index (χ1v) is 5.81. The van der Waals surface area contributed by atoms with Crippen LogP contribution in [-0.4, -0.2) is 48.1 Å². The minimum atomic E-state index is -1.10. The molecule has 0 aliphatic heterocycles. The van der Waals surface area contributed by atoms with Gasteiger partial charge in [-0.2, -0.15) is 0 Å². The lowest BCUT2D eigenvalue weighted by Gasteiger charge is -2.24. The monoisotopic (exact) mass is 259 g/mol. The van der Waals surface area contributed by atoms with E-state index in [0.29, 0.717) is 19.5 Å². The number of carbonyl (C=O) groups excluding carboxylic acids is 2. The Labute approximate surface area is 106 Å². The van der Waals surface area contributed by atoms with E-state index in [0.717, 1.165) is 0 Å². The molecule has 0 heterocycles. The Morgan fingerprint density at radius 3 is 2.17 bits per heavy atom. The fourth-order valence-electron chi connectivity index (χ4n) is 1.13. The summed E-state index contributed by atoms with van der Waals surface area (Å²) >= 11 is 0. The summed E-state index contributed by atoms with van der Waals surface area (Å²) < 4.78 is 0. The Morgan fingerprint density at radius 1 is 1.17 bits per heavy atom. The molecular formula is C11H21N3O4. The van der Waals surface area contributed by atoms with Crippen molar-refractivity contribution in [2.75, 3.05) is 19.6 Å². The summed E-state index contributed by atoms with van der Waals surface area (Å²) in [6.07, 6.45) is 0.376. The van der Waals surface area contributed by atoms with Crippen molar-refractivity contribution in [1.82, 2.24) is 16.0 Å². The van der Waals surface area contributed by atoms with Gasteiger partial charge in [-0.3, -0.25) is 19.7 Å². The molecule has 0 aromatic rings. The van der Waals surface area contributed by atoms with Crippen LogP contribution in [0.1, 0.15) is 27.2 Å². The van der Waals surface area contributed by atoms with Gasteiger partial charge in [0, 0.05) is 20.0 Å². The number of hydrogen-bond acceptors (Lipinski definition) is 4. The molecule has 0 aliphatic carbocycles. The molecule has 2 amide bonds. The zero-order chi connectivity index (χ0) is 14.2. The summed E-state index contributed by atoms with van der Waals surface area (Å²) in [5.74, 6) is -1.45. The SMILES string of the molecule is CCC(C)(NCC(=O)NCCNC(C)=O)C(=O)O.